The maximum absolute atomic E-state index is 13.5. The zero-order valence-corrected chi connectivity index (χ0v) is 17.3. The predicted octanol–water partition coefficient (Wildman–Crippen LogP) is 4.71. The quantitative estimate of drug-likeness (QED) is 0.484. The average molecular weight is 417 g/mol. The van der Waals surface area contributed by atoms with E-state index in [1.807, 2.05) is 72.8 Å². The highest BCUT2D eigenvalue weighted by molar-refractivity contribution is 7.16. The Labute approximate surface area is 177 Å². The third kappa shape index (κ3) is 3.24. The molecule has 0 bridgehead atoms. The van der Waals surface area contributed by atoms with Gasteiger partial charge in [-0.05, 0) is 24.3 Å². The van der Waals surface area contributed by atoms with Crippen LogP contribution in [0.2, 0.25) is 0 Å². The van der Waals surface area contributed by atoms with Gasteiger partial charge >= 0.3 is 0 Å². The van der Waals surface area contributed by atoms with Crippen LogP contribution >= 0.6 is 11.3 Å². The van der Waals surface area contributed by atoms with Gasteiger partial charge < -0.3 is 14.0 Å². The highest BCUT2D eigenvalue weighted by atomic mass is 32.1. The Hall–Kier alpha value is -3.22. The molecule has 150 valence electrons. The Balaban J connectivity index is 1.65. The van der Waals surface area contributed by atoms with Gasteiger partial charge in [-0.2, -0.15) is 4.99 Å². The number of thiazole rings is 1. The van der Waals surface area contributed by atoms with Gasteiger partial charge in [0.05, 0.1) is 22.7 Å². The molecule has 4 aromatic rings. The lowest BCUT2D eigenvalue weighted by Gasteiger charge is -2.25. The fourth-order valence-corrected chi connectivity index (χ4v) is 4.90. The van der Waals surface area contributed by atoms with Crippen molar-refractivity contribution < 1.29 is 14.3 Å². The number of hydrogen-bond acceptors (Lipinski definition) is 4. The second kappa shape index (κ2) is 7.89. The fraction of sp³-hybridized carbons (Fsp3) is 0.167. The number of para-hydroxylation sites is 3. The Bertz CT molecular complexity index is 1260. The Morgan fingerprint density at radius 2 is 1.63 bits per heavy atom. The van der Waals surface area contributed by atoms with Gasteiger partial charge in [-0.3, -0.25) is 4.79 Å². The number of ether oxygens (including phenoxy) is 2. The van der Waals surface area contributed by atoms with Gasteiger partial charge in [0.2, 0.25) is 0 Å². The molecule has 2 heterocycles. The zero-order chi connectivity index (χ0) is 20.5. The lowest BCUT2D eigenvalue weighted by molar-refractivity contribution is -0.118. The molecule has 3 aromatic carbocycles. The van der Waals surface area contributed by atoms with E-state index in [1.54, 1.807) is 7.11 Å². The Morgan fingerprint density at radius 3 is 2.33 bits per heavy atom. The first kappa shape index (κ1) is 18.8. The Kier molecular flexibility index (Phi) is 4.94. The molecule has 30 heavy (non-hydrogen) atoms. The van der Waals surface area contributed by atoms with Gasteiger partial charge in [0.25, 0.3) is 5.91 Å². The fourth-order valence-electron chi connectivity index (χ4n) is 3.84. The van der Waals surface area contributed by atoms with E-state index in [1.165, 1.54) is 11.3 Å². The molecule has 0 N–H and O–H groups in total. The van der Waals surface area contributed by atoms with Gasteiger partial charge in [0.15, 0.2) is 4.80 Å². The largest absolute Gasteiger partial charge is 0.457 e. The molecule has 0 spiro atoms. The number of carbonyl (C=O) groups excluding carboxylic acids is 1. The monoisotopic (exact) mass is 416 g/mol. The third-order valence-electron chi connectivity index (χ3n) is 5.24. The van der Waals surface area contributed by atoms with E-state index < -0.39 is 5.92 Å². The zero-order valence-electron chi connectivity index (χ0n) is 16.4. The number of nitrogens with zero attached hydrogens (tertiary/aromatic N) is 2. The van der Waals surface area contributed by atoms with Crippen molar-refractivity contribution in [1.29, 1.82) is 0 Å². The molecule has 6 heteroatoms. The summed E-state index contributed by atoms with van der Waals surface area (Å²) >= 11 is 1.52. The summed E-state index contributed by atoms with van der Waals surface area (Å²) in [6, 6.07) is 23.4. The van der Waals surface area contributed by atoms with Crippen LogP contribution in [0.25, 0.3) is 10.2 Å². The number of methoxy groups -OCH3 is 1. The van der Waals surface area contributed by atoms with Gasteiger partial charge in [-0.25, -0.2) is 0 Å². The lowest BCUT2D eigenvalue weighted by Crippen LogP contribution is -2.23. The van der Waals surface area contributed by atoms with Crippen LogP contribution in [-0.2, 0) is 16.1 Å². The topological polar surface area (TPSA) is 52.8 Å². The number of carbonyl (C=O) groups is 1. The molecule has 0 radical (unpaired) electrons. The molecule has 1 aromatic heterocycles. The van der Waals surface area contributed by atoms with Crippen molar-refractivity contribution in [3.05, 3.63) is 88.7 Å². The molecule has 0 saturated carbocycles. The minimum atomic E-state index is -0.493. The second-order valence-electron chi connectivity index (χ2n) is 7.06. The van der Waals surface area contributed by atoms with E-state index in [2.05, 4.69) is 9.56 Å². The third-order valence-corrected chi connectivity index (χ3v) is 6.30. The molecule has 5 nitrogen and oxygen atoms in total. The van der Waals surface area contributed by atoms with Gasteiger partial charge in [0.1, 0.15) is 11.5 Å². The van der Waals surface area contributed by atoms with Crippen LogP contribution in [0.3, 0.4) is 0 Å². The van der Waals surface area contributed by atoms with Crippen molar-refractivity contribution in [1.82, 2.24) is 4.57 Å². The summed E-state index contributed by atoms with van der Waals surface area (Å²) in [6.07, 6.45) is 0. The lowest BCUT2D eigenvalue weighted by atomic mass is 9.87. The first-order valence-electron chi connectivity index (χ1n) is 9.78. The SMILES string of the molecule is COCCn1c(=NC(=O)C2c3ccccc3Oc3ccccc32)sc2ccccc21. The second-order valence-corrected chi connectivity index (χ2v) is 8.07. The van der Waals surface area contributed by atoms with E-state index in [9.17, 15) is 4.79 Å². The Morgan fingerprint density at radius 1 is 1.00 bits per heavy atom. The van der Waals surface area contributed by atoms with E-state index >= 15 is 0 Å². The molecule has 1 aliphatic heterocycles. The van der Waals surface area contributed by atoms with E-state index in [0.29, 0.717) is 29.5 Å². The molecule has 1 aliphatic rings. The normalized spacial score (nSPS) is 13.7. The molecule has 0 unspecified atom stereocenters. The molecule has 0 saturated heterocycles. The van der Waals surface area contributed by atoms with E-state index in [4.69, 9.17) is 9.47 Å². The standard InChI is InChI=1S/C24H20N2O3S/c1-28-15-14-26-18-10-4-7-13-21(18)30-24(26)25-23(27)22-16-8-2-5-11-19(16)29-20-12-6-3-9-17(20)22/h2-13,22H,14-15H2,1H3. The van der Waals surface area contributed by atoms with Crippen molar-refractivity contribution in [3.63, 3.8) is 0 Å². The average Bonchev–Trinajstić information content (AvgIpc) is 3.12. The van der Waals surface area contributed by atoms with Crippen molar-refractivity contribution in [2.24, 2.45) is 4.99 Å². The van der Waals surface area contributed by atoms with Crippen LogP contribution in [0.4, 0.5) is 0 Å². The summed E-state index contributed by atoms with van der Waals surface area (Å²) in [4.78, 5) is 18.8. The maximum Gasteiger partial charge on any atom is 0.260 e. The van der Waals surface area contributed by atoms with E-state index in [-0.39, 0.29) is 5.91 Å². The first-order valence-corrected chi connectivity index (χ1v) is 10.6. The smallest absolute Gasteiger partial charge is 0.260 e. The van der Waals surface area contributed by atoms with Crippen molar-refractivity contribution in [2.75, 3.05) is 13.7 Å². The summed E-state index contributed by atoms with van der Waals surface area (Å²) in [5.41, 5.74) is 2.74. The van der Waals surface area contributed by atoms with Crippen LogP contribution in [0.15, 0.2) is 77.8 Å². The molecular formula is C24H20N2O3S. The van der Waals surface area contributed by atoms with Crippen LogP contribution in [-0.4, -0.2) is 24.2 Å². The highest BCUT2D eigenvalue weighted by Crippen LogP contribution is 2.44. The number of benzene rings is 3. The molecular weight excluding hydrogens is 396 g/mol. The van der Waals surface area contributed by atoms with Crippen LogP contribution in [0, 0.1) is 0 Å². The van der Waals surface area contributed by atoms with Crippen molar-refractivity contribution in [2.45, 2.75) is 12.5 Å². The predicted molar refractivity (Wildman–Crippen MR) is 117 cm³/mol. The maximum atomic E-state index is 13.5. The highest BCUT2D eigenvalue weighted by Gasteiger charge is 2.32. The summed E-state index contributed by atoms with van der Waals surface area (Å²) < 4.78 is 14.4. The number of fused-ring (bicyclic) bond motifs is 3. The van der Waals surface area contributed by atoms with Crippen LogP contribution in [0.1, 0.15) is 17.0 Å². The number of hydrogen-bond donors (Lipinski definition) is 0. The molecule has 0 aliphatic carbocycles. The van der Waals surface area contributed by atoms with Gasteiger partial charge in [-0.15, -0.1) is 0 Å². The number of aromatic nitrogens is 1. The summed E-state index contributed by atoms with van der Waals surface area (Å²) in [5, 5.41) is 0. The summed E-state index contributed by atoms with van der Waals surface area (Å²) in [6.45, 7) is 1.18. The molecule has 0 atom stereocenters. The minimum absolute atomic E-state index is 0.198. The van der Waals surface area contributed by atoms with Crippen molar-refractivity contribution in [3.8, 4) is 11.5 Å². The molecule has 1 amide bonds. The summed E-state index contributed by atoms with van der Waals surface area (Å²) in [7, 11) is 1.67. The number of rotatable bonds is 4. The van der Waals surface area contributed by atoms with Crippen molar-refractivity contribution >= 4 is 27.5 Å². The van der Waals surface area contributed by atoms with Crippen LogP contribution in [0.5, 0.6) is 11.5 Å². The summed E-state index contributed by atoms with van der Waals surface area (Å²) in [5.74, 6) is 0.713. The first-order chi connectivity index (χ1) is 14.8. The minimum Gasteiger partial charge on any atom is -0.457 e. The van der Waals surface area contributed by atoms with E-state index in [0.717, 1.165) is 21.3 Å². The number of amides is 1. The molecule has 5 rings (SSSR count). The van der Waals surface area contributed by atoms with Crippen LogP contribution < -0.4 is 9.54 Å². The molecule has 0 fully saturated rings. The van der Waals surface area contributed by atoms with Gasteiger partial charge in [0, 0.05) is 24.8 Å². The van der Waals surface area contributed by atoms with Gasteiger partial charge in [-0.1, -0.05) is 59.9 Å².